The van der Waals surface area contributed by atoms with E-state index in [-0.39, 0.29) is 0 Å². The van der Waals surface area contributed by atoms with Gasteiger partial charge in [0.2, 0.25) is 0 Å². The standard InChI is InChI=1S/C10H14N2O2/c1-3-7-4-5-8(14-6-11)10(13-2)9(7)12/h4-6,10-12H,3H2,1-2H3. The molecule has 1 aliphatic carbocycles. The number of nitrogens with one attached hydrogen (secondary N) is 2. The van der Waals surface area contributed by atoms with Gasteiger partial charge < -0.3 is 14.9 Å². The fourth-order valence-electron chi connectivity index (χ4n) is 1.38. The van der Waals surface area contributed by atoms with Gasteiger partial charge in [0.05, 0.1) is 5.71 Å². The number of hydrogen-bond acceptors (Lipinski definition) is 4. The Bertz CT molecular complexity index is 305. The minimum absolute atomic E-state index is 0.411. The molecule has 2 N–H and O–H groups in total. The van der Waals surface area contributed by atoms with Gasteiger partial charge in [0.25, 0.3) is 0 Å². The van der Waals surface area contributed by atoms with Crippen molar-refractivity contribution in [2.75, 3.05) is 7.11 Å². The molecule has 1 rings (SSSR count). The molecule has 0 fully saturated rings. The van der Waals surface area contributed by atoms with Crippen molar-refractivity contribution in [2.45, 2.75) is 19.4 Å². The predicted octanol–water partition coefficient (Wildman–Crippen LogP) is 1.88. The molecule has 1 unspecified atom stereocenters. The highest BCUT2D eigenvalue weighted by Gasteiger charge is 2.25. The third-order valence-corrected chi connectivity index (χ3v) is 2.13. The topological polar surface area (TPSA) is 66.2 Å². The molecule has 4 heteroatoms. The van der Waals surface area contributed by atoms with Crippen molar-refractivity contribution in [2.24, 2.45) is 0 Å². The molecule has 0 saturated heterocycles. The van der Waals surface area contributed by atoms with Gasteiger partial charge in [-0.2, -0.15) is 0 Å². The first-order chi connectivity index (χ1) is 6.74. The lowest BCUT2D eigenvalue weighted by Gasteiger charge is -2.22. The van der Waals surface area contributed by atoms with Gasteiger partial charge in [0.15, 0.2) is 12.5 Å². The molecule has 0 aromatic heterocycles. The Labute approximate surface area is 83.2 Å². The van der Waals surface area contributed by atoms with E-state index in [4.69, 9.17) is 20.3 Å². The van der Waals surface area contributed by atoms with Crippen LogP contribution >= 0.6 is 0 Å². The summed E-state index contributed by atoms with van der Waals surface area (Å²) >= 11 is 0. The maximum Gasteiger partial charge on any atom is 0.173 e. The van der Waals surface area contributed by atoms with Crippen molar-refractivity contribution in [3.8, 4) is 0 Å². The smallest absolute Gasteiger partial charge is 0.173 e. The molecule has 1 atom stereocenters. The maximum atomic E-state index is 7.82. The highest BCUT2D eigenvalue weighted by molar-refractivity contribution is 6.04. The van der Waals surface area contributed by atoms with Crippen LogP contribution in [0.3, 0.4) is 0 Å². The van der Waals surface area contributed by atoms with E-state index in [0.717, 1.165) is 18.4 Å². The zero-order valence-electron chi connectivity index (χ0n) is 8.33. The first-order valence-corrected chi connectivity index (χ1v) is 4.42. The molecular weight excluding hydrogens is 180 g/mol. The third-order valence-electron chi connectivity index (χ3n) is 2.13. The quantitative estimate of drug-likeness (QED) is 0.530. The zero-order valence-corrected chi connectivity index (χ0v) is 8.33. The van der Waals surface area contributed by atoms with Crippen molar-refractivity contribution < 1.29 is 9.47 Å². The summed E-state index contributed by atoms with van der Waals surface area (Å²) in [5.41, 5.74) is 1.35. The van der Waals surface area contributed by atoms with Crippen molar-refractivity contribution in [1.29, 1.82) is 10.8 Å². The molecule has 0 aliphatic heterocycles. The van der Waals surface area contributed by atoms with Crippen molar-refractivity contribution in [3.05, 3.63) is 23.5 Å². The largest absolute Gasteiger partial charge is 0.448 e. The number of methoxy groups -OCH3 is 1. The fourth-order valence-corrected chi connectivity index (χ4v) is 1.38. The van der Waals surface area contributed by atoms with Crippen LogP contribution in [0.25, 0.3) is 0 Å². The van der Waals surface area contributed by atoms with Crippen LogP contribution in [0, 0.1) is 10.8 Å². The first kappa shape index (κ1) is 10.7. The summed E-state index contributed by atoms with van der Waals surface area (Å²) in [4.78, 5) is 0. The third kappa shape index (κ3) is 1.90. The average molecular weight is 194 g/mol. The number of rotatable bonds is 4. The summed E-state index contributed by atoms with van der Waals surface area (Å²) in [5, 5.41) is 14.7. The molecule has 4 nitrogen and oxygen atoms in total. The van der Waals surface area contributed by atoms with Gasteiger partial charge in [-0.15, -0.1) is 0 Å². The lowest BCUT2D eigenvalue weighted by molar-refractivity contribution is 0.145. The minimum Gasteiger partial charge on any atom is -0.448 e. The van der Waals surface area contributed by atoms with Gasteiger partial charge in [0.1, 0.15) is 5.76 Å². The Morgan fingerprint density at radius 3 is 2.71 bits per heavy atom. The second-order valence-corrected chi connectivity index (χ2v) is 2.88. The molecular formula is C10H14N2O2. The Kier molecular flexibility index (Phi) is 3.59. The lowest BCUT2D eigenvalue weighted by Crippen LogP contribution is -2.29. The molecule has 0 aromatic carbocycles. The monoisotopic (exact) mass is 194 g/mol. The second-order valence-electron chi connectivity index (χ2n) is 2.88. The highest BCUT2D eigenvalue weighted by atomic mass is 16.5. The SMILES string of the molecule is CCC1=CC=C(OC=N)C(OC)C1=N. The Hall–Kier alpha value is -1.42. The first-order valence-electron chi connectivity index (χ1n) is 4.42. The van der Waals surface area contributed by atoms with Gasteiger partial charge in [0, 0.05) is 7.11 Å². The maximum absolute atomic E-state index is 7.82. The molecule has 1 aliphatic rings. The molecule has 0 heterocycles. The normalized spacial score (nSPS) is 21.3. The summed E-state index contributed by atoms with van der Waals surface area (Å²) in [6.07, 6.45) is 4.74. The number of ether oxygens (including phenoxy) is 2. The molecule has 0 spiro atoms. The van der Waals surface area contributed by atoms with Crippen LogP contribution in [-0.4, -0.2) is 25.3 Å². The Balaban J connectivity index is 2.94. The van der Waals surface area contributed by atoms with Crippen LogP contribution in [0.15, 0.2) is 23.5 Å². The van der Waals surface area contributed by atoms with E-state index in [0.29, 0.717) is 11.5 Å². The van der Waals surface area contributed by atoms with E-state index in [9.17, 15) is 0 Å². The van der Waals surface area contributed by atoms with E-state index in [1.807, 2.05) is 13.0 Å². The average Bonchev–Trinajstić information content (AvgIpc) is 2.19. The number of allylic oxidation sites excluding steroid dienone is 2. The van der Waals surface area contributed by atoms with Crippen LogP contribution < -0.4 is 0 Å². The van der Waals surface area contributed by atoms with Crippen LogP contribution in [0.4, 0.5) is 0 Å². The fraction of sp³-hybridized carbons (Fsp3) is 0.400. The lowest BCUT2D eigenvalue weighted by atomic mass is 9.96. The van der Waals surface area contributed by atoms with Gasteiger partial charge in [-0.1, -0.05) is 13.0 Å². The summed E-state index contributed by atoms with van der Waals surface area (Å²) in [5.74, 6) is 0.490. The Morgan fingerprint density at radius 2 is 2.21 bits per heavy atom. The van der Waals surface area contributed by atoms with Crippen molar-refractivity contribution in [1.82, 2.24) is 0 Å². The zero-order chi connectivity index (χ0) is 10.6. The highest BCUT2D eigenvalue weighted by Crippen LogP contribution is 2.20. The Morgan fingerprint density at radius 1 is 1.50 bits per heavy atom. The molecule has 0 saturated carbocycles. The van der Waals surface area contributed by atoms with Crippen LogP contribution in [0.2, 0.25) is 0 Å². The van der Waals surface area contributed by atoms with Gasteiger partial charge in [-0.05, 0) is 18.1 Å². The minimum atomic E-state index is -0.475. The van der Waals surface area contributed by atoms with E-state index < -0.39 is 6.10 Å². The van der Waals surface area contributed by atoms with Crippen LogP contribution in [0.1, 0.15) is 13.3 Å². The number of hydrogen-bond donors (Lipinski definition) is 2. The van der Waals surface area contributed by atoms with Crippen molar-refractivity contribution >= 4 is 12.1 Å². The summed E-state index contributed by atoms with van der Waals surface area (Å²) in [6.45, 7) is 1.99. The molecule has 76 valence electrons. The van der Waals surface area contributed by atoms with E-state index in [2.05, 4.69) is 0 Å². The molecule has 0 amide bonds. The molecule has 0 bridgehead atoms. The molecule has 0 radical (unpaired) electrons. The predicted molar refractivity (Wildman–Crippen MR) is 54.8 cm³/mol. The summed E-state index contributed by atoms with van der Waals surface area (Å²) in [6, 6.07) is 0. The van der Waals surface area contributed by atoms with E-state index in [1.165, 1.54) is 7.11 Å². The molecule has 0 aromatic rings. The van der Waals surface area contributed by atoms with Crippen LogP contribution in [0.5, 0.6) is 0 Å². The summed E-state index contributed by atoms with van der Waals surface area (Å²) in [7, 11) is 1.53. The van der Waals surface area contributed by atoms with Crippen molar-refractivity contribution in [3.63, 3.8) is 0 Å². The van der Waals surface area contributed by atoms with Crippen LogP contribution in [-0.2, 0) is 9.47 Å². The van der Waals surface area contributed by atoms with Gasteiger partial charge >= 0.3 is 0 Å². The van der Waals surface area contributed by atoms with E-state index in [1.54, 1.807) is 6.08 Å². The van der Waals surface area contributed by atoms with Gasteiger partial charge in [-0.3, -0.25) is 5.41 Å². The second kappa shape index (κ2) is 4.72. The van der Waals surface area contributed by atoms with E-state index >= 15 is 0 Å². The summed E-state index contributed by atoms with van der Waals surface area (Å²) < 4.78 is 10.1. The van der Waals surface area contributed by atoms with Gasteiger partial charge in [-0.25, -0.2) is 0 Å². The molecule has 14 heavy (non-hydrogen) atoms.